The van der Waals surface area contributed by atoms with Gasteiger partial charge in [0.15, 0.2) is 17.3 Å². The molecule has 0 saturated heterocycles. The van der Waals surface area contributed by atoms with Gasteiger partial charge < -0.3 is 19.5 Å². The minimum atomic E-state index is -0.585. The Kier molecular flexibility index (Phi) is 4.53. The number of allylic oxidation sites excluding steroid dienone is 3. The number of rotatable bonds is 2. The Bertz CT molecular complexity index is 960. The molecule has 1 atom stereocenters. The highest BCUT2D eigenvalue weighted by Gasteiger charge is 2.45. The van der Waals surface area contributed by atoms with Gasteiger partial charge in [0.1, 0.15) is 0 Å². The van der Waals surface area contributed by atoms with Crippen molar-refractivity contribution in [1.29, 1.82) is 0 Å². The third-order valence-corrected chi connectivity index (χ3v) is 6.15. The molecular formula is C21H22BrNO5. The molecule has 0 fully saturated rings. The van der Waals surface area contributed by atoms with Crippen LogP contribution in [0.3, 0.4) is 0 Å². The van der Waals surface area contributed by atoms with Crippen molar-refractivity contribution >= 4 is 27.7 Å². The van der Waals surface area contributed by atoms with Crippen molar-refractivity contribution in [2.24, 2.45) is 5.41 Å². The maximum absolute atomic E-state index is 13.2. The van der Waals surface area contributed by atoms with E-state index < -0.39 is 11.9 Å². The van der Waals surface area contributed by atoms with E-state index in [1.807, 2.05) is 19.1 Å². The van der Waals surface area contributed by atoms with E-state index in [1.54, 1.807) is 0 Å². The Balaban J connectivity index is 1.99. The van der Waals surface area contributed by atoms with E-state index in [0.717, 1.165) is 22.2 Å². The number of benzene rings is 1. The van der Waals surface area contributed by atoms with Crippen LogP contribution in [-0.2, 0) is 14.3 Å². The second-order valence-corrected chi connectivity index (χ2v) is 8.97. The largest absolute Gasteiger partial charge is 0.466 e. The highest BCUT2D eigenvalue weighted by Crippen LogP contribution is 2.53. The summed E-state index contributed by atoms with van der Waals surface area (Å²) in [7, 11) is 1.35. The lowest BCUT2D eigenvalue weighted by atomic mass is 9.68. The van der Waals surface area contributed by atoms with Gasteiger partial charge in [-0.05, 0) is 30.9 Å². The van der Waals surface area contributed by atoms with Gasteiger partial charge >= 0.3 is 5.97 Å². The summed E-state index contributed by atoms with van der Waals surface area (Å²) in [5.74, 6) is 0.131. The van der Waals surface area contributed by atoms with Gasteiger partial charge in [-0.1, -0.05) is 29.8 Å². The molecule has 2 aliphatic heterocycles. The summed E-state index contributed by atoms with van der Waals surface area (Å²) in [6.45, 7) is 6.09. The van der Waals surface area contributed by atoms with Gasteiger partial charge in [-0.3, -0.25) is 4.79 Å². The molecule has 28 heavy (non-hydrogen) atoms. The van der Waals surface area contributed by atoms with Crippen LogP contribution in [0.5, 0.6) is 11.5 Å². The average molecular weight is 448 g/mol. The molecule has 0 amide bonds. The zero-order valence-corrected chi connectivity index (χ0v) is 17.9. The van der Waals surface area contributed by atoms with Crippen molar-refractivity contribution < 1.29 is 23.8 Å². The Morgan fingerprint density at radius 2 is 2.04 bits per heavy atom. The standard InChI is InChI=1S/C21H22BrNO5/c1-10-15(20(25)26-4)18(16-11(22)5-6-14-19(16)28-9-27-14)17-12(23-10)7-21(2,3)8-13(17)24/h5-6,18,23H,7-9H2,1-4H3/t18-/m1/s1. The van der Waals surface area contributed by atoms with Crippen molar-refractivity contribution in [2.75, 3.05) is 13.9 Å². The Labute approximate surface area is 172 Å². The summed E-state index contributed by atoms with van der Waals surface area (Å²) >= 11 is 3.60. The molecule has 0 bridgehead atoms. The molecule has 0 aromatic heterocycles. The molecule has 0 unspecified atom stereocenters. The van der Waals surface area contributed by atoms with E-state index >= 15 is 0 Å². The summed E-state index contributed by atoms with van der Waals surface area (Å²) < 4.78 is 17.1. The number of esters is 1. The Morgan fingerprint density at radius 3 is 2.75 bits per heavy atom. The lowest BCUT2D eigenvalue weighted by molar-refractivity contribution is -0.136. The number of methoxy groups -OCH3 is 1. The van der Waals surface area contributed by atoms with Crippen molar-refractivity contribution in [3.8, 4) is 11.5 Å². The second kappa shape index (κ2) is 6.65. The maximum Gasteiger partial charge on any atom is 0.336 e. The summed E-state index contributed by atoms with van der Waals surface area (Å²) in [5.41, 5.74) is 3.14. The lowest BCUT2D eigenvalue weighted by Gasteiger charge is -2.39. The fourth-order valence-electron chi connectivity index (χ4n) is 4.34. The molecule has 7 heteroatoms. The fourth-order valence-corrected chi connectivity index (χ4v) is 4.89. The number of fused-ring (bicyclic) bond motifs is 1. The number of ketones is 1. The molecule has 6 nitrogen and oxygen atoms in total. The minimum absolute atomic E-state index is 0.0288. The van der Waals surface area contributed by atoms with E-state index in [9.17, 15) is 9.59 Å². The molecule has 0 spiro atoms. The summed E-state index contributed by atoms with van der Waals surface area (Å²) in [6, 6.07) is 3.67. The number of hydrogen-bond donors (Lipinski definition) is 1. The van der Waals surface area contributed by atoms with E-state index in [1.165, 1.54) is 7.11 Å². The summed E-state index contributed by atoms with van der Waals surface area (Å²) in [6.07, 6.45) is 1.14. The van der Waals surface area contributed by atoms with Crippen molar-refractivity contribution in [2.45, 2.75) is 39.5 Å². The number of halogens is 1. The zero-order valence-electron chi connectivity index (χ0n) is 16.3. The first-order valence-electron chi connectivity index (χ1n) is 9.14. The highest BCUT2D eigenvalue weighted by atomic mass is 79.9. The van der Waals surface area contributed by atoms with Crippen LogP contribution in [0.1, 0.15) is 45.1 Å². The lowest BCUT2D eigenvalue weighted by Crippen LogP contribution is -2.38. The van der Waals surface area contributed by atoms with Crippen LogP contribution in [0.2, 0.25) is 0 Å². The fraction of sp³-hybridized carbons (Fsp3) is 0.429. The van der Waals surface area contributed by atoms with Gasteiger partial charge in [-0.25, -0.2) is 4.79 Å². The van der Waals surface area contributed by atoms with E-state index in [4.69, 9.17) is 14.2 Å². The van der Waals surface area contributed by atoms with Gasteiger partial charge in [0.2, 0.25) is 6.79 Å². The van der Waals surface area contributed by atoms with E-state index in [-0.39, 0.29) is 18.0 Å². The van der Waals surface area contributed by atoms with Gasteiger partial charge in [-0.15, -0.1) is 0 Å². The maximum atomic E-state index is 13.2. The molecule has 1 aromatic carbocycles. The number of nitrogens with one attached hydrogen (secondary N) is 1. The first-order valence-corrected chi connectivity index (χ1v) is 9.93. The van der Waals surface area contributed by atoms with Gasteiger partial charge in [0.05, 0.1) is 18.6 Å². The van der Waals surface area contributed by atoms with Crippen LogP contribution in [0.25, 0.3) is 0 Å². The number of dihydropyridines is 1. The van der Waals surface area contributed by atoms with Crippen LogP contribution < -0.4 is 14.8 Å². The van der Waals surface area contributed by atoms with Crippen molar-refractivity contribution in [3.05, 3.63) is 44.7 Å². The predicted molar refractivity (Wildman–Crippen MR) is 106 cm³/mol. The van der Waals surface area contributed by atoms with Crippen LogP contribution in [0, 0.1) is 5.41 Å². The summed E-state index contributed by atoms with van der Waals surface area (Å²) in [4.78, 5) is 26.0. The van der Waals surface area contributed by atoms with Crippen molar-refractivity contribution in [1.82, 2.24) is 5.32 Å². The number of ether oxygens (including phenoxy) is 3. The zero-order chi connectivity index (χ0) is 20.2. The topological polar surface area (TPSA) is 73.9 Å². The molecule has 2 heterocycles. The van der Waals surface area contributed by atoms with Crippen LogP contribution in [0.4, 0.5) is 0 Å². The van der Waals surface area contributed by atoms with E-state index in [2.05, 4.69) is 35.1 Å². The first kappa shape index (κ1) is 19.1. The summed E-state index contributed by atoms with van der Waals surface area (Å²) in [5, 5.41) is 3.31. The number of carbonyl (C=O) groups excluding carboxylic acids is 2. The van der Waals surface area contributed by atoms with E-state index in [0.29, 0.717) is 34.8 Å². The quantitative estimate of drug-likeness (QED) is 0.691. The third kappa shape index (κ3) is 2.92. The highest BCUT2D eigenvalue weighted by molar-refractivity contribution is 9.10. The first-order chi connectivity index (χ1) is 13.2. The minimum Gasteiger partial charge on any atom is -0.466 e. The molecule has 0 saturated carbocycles. The molecular weight excluding hydrogens is 426 g/mol. The molecule has 1 aromatic rings. The van der Waals surface area contributed by atoms with Gasteiger partial charge in [0.25, 0.3) is 0 Å². The third-order valence-electron chi connectivity index (χ3n) is 5.46. The average Bonchev–Trinajstić information content (AvgIpc) is 3.07. The van der Waals surface area contributed by atoms with Gasteiger partial charge in [-0.2, -0.15) is 0 Å². The molecule has 3 aliphatic rings. The molecule has 0 radical (unpaired) electrons. The van der Waals surface area contributed by atoms with Crippen LogP contribution in [0.15, 0.2) is 39.1 Å². The normalized spacial score (nSPS) is 22.8. The van der Waals surface area contributed by atoms with Crippen molar-refractivity contribution in [3.63, 3.8) is 0 Å². The Hall–Kier alpha value is -2.28. The predicted octanol–water partition coefficient (Wildman–Crippen LogP) is 3.95. The van der Waals surface area contributed by atoms with Crippen LogP contribution >= 0.6 is 15.9 Å². The van der Waals surface area contributed by atoms with Crippen LogP contribution in [-0.4, -0.2) is 25.7 Å². The molecule has 1 N–H and O–H groups in total. The number of carbonyl (C=O) groups is 2. The molecule has 4 rings (SSSR count). The Morgan fingerprint density at radius 1 is 1.29 bits per heavy atom. The number of Topliss-reactive ketones (excluding diaryl/α,β-unsaturated/α-hetero) is 1. The molecule has 148 valence electrons. The SMILES string of the molecule is COC(=O)C1=C(C)NC2=C(C(=O)CC(C)(C)C2)[C@H]1c1c(Br)ccc2c1OCO2. The molecule has 1 aliphatic carbocycles. The smallest absolute Gasteiger partial charge is 0.336 e. The second-order valence-electron chi connectivity index (χ2n) is 8.12. The monoisotopic (exact) mass is 447 g/mol. The van der Waals surface area contributed by atoms with Gasteiger partial charge in [0, 0.05) is 33.4 Å². The number of hydrogen-bond acceptors (Lipinski definition) is 6.